The van der Waals surface area contributed by atoms with E-state index in [-0.39, 0.29) is 5.78 Å². The van der Waals surface area contributed by atoms with Gasteiger partial charge in [0, 0.05) is 19.7 Å². The summed E-state index contributed by atoms with van der Waals surface area (Å²) in [6, 6.07) is 3.51. The quantitative estimate of drug-likeness (QED) is 0.744. The number of hydrogen-bond donors (Lipinski definition) is 0. The Bertz CT molecular complexity index is 579. The number of rotatable bonds is 1. The third-order valence-electron chi connectivity index (χ3n) is 3.18. The van der Waals surface area contributed by atoms with Crippen LogP contribution in [0.1, 0.15) is 36.2 Å². The molecule has 20 heavy (non-hydrogen) atoms. The fourth-order valence-corrected chi connectivity index (χ4v) is 2.20. The first kappa shape index (κ1) is 14.8. The molecule has 4 nitrogen and oxygen atoms in total. The SMILES string of the molecule is Cc1c(OC(=S)N(C)C)ccc2c1OC(C)(C)CC2=O. The van der Waals surface area contributed by atoms with Gasteiger partial charge < -0.3 is 14.4 Å². The molecule has 108 valence electrons. The highest BCUT2D eigenvalue weighted by atomic mass is 32.1. The van der Waals surface area contributed by atoms with Gasteiger partial charge in [0.2, 0.25) is 0 Å². The maximum Gasteiger partial charge on any atom is 0.264 e. The summed E-state index contributed by atoms with van der Waals surface area (Å²) in [5.74, 6) is 1.32. The average molecular weight is 293 g/mol. The van der Waals surface area contributed by atoms with Crippen molar-refractivity contribution in [2.45, 2.75) is 32.8 Å². The van der Waals surface area contributed by atoms with Crippen LogP contribution in [0.5, 0.6) is 11.5 Å². The van der Waals surface area contributed by atoms with Gasteiger partial charge in [-0.2, -0.15) is 0 Å². The first-order valence-corrected chi connectivity index (χ1v) is 6.87. The van der Waals surface area contributed by atoms with Gasteiger partial charge in [-0.25, -0.2) is 0 Å². The third-order valence-corrected chi connectivity index (χ3v) is 3.63. The lowest BCUT2D eigenvalue weighted by Gasteiger charge is -2.33. The summed E-state index contributed by atoms with van der Waals surface area (Å²) in [6.07, 6.45) is 0.385. The molecule has 0 saturated heterocycles. The van der Waals surface area contributed by atoms with Gasteiger partial charge in [0.25, 0.3) is 5.17 Å². The van der Waals surface area contributed by atoms with Gasteiger partial charge >= 0.3 is 0 Å². The van der Waals surface area contributed by atoms with Gasteiger partial charge in [-0.15, -0.1) is 0 Å². The number of Topliss-reactive ketones (excluding diaryl/α,β-unsaturated/α-hetero) is 1. The third kappa shape index (κ3) is 2.77. The Morgan fingerprint density at radius 3 is 2.65 bits per heavy atom. The minimum Gasteiger partial charge on any atom is -0.486 e. The predicted molar refractivity (Wildman–Crippen MR) is 81.7 cm³/mol. The molecule has 0 amide bonds. The van der Waals surface area contributed by atoms with Gasteiger partial charge in [0.1, 0.15) is 17.1 Å². The smallest absolute Gasteiger partial charge is 0.264 e. The van der Waals surface area contributed by atoms with Gasteiger partial charge in [-0.3, -0.25) is 4.79 Å². The van der Waals surface area contributed by atoms with E-state index >= 15 is 0 Å². The van der Waals surface area contributed by atoms with Crippen molar-refractivity contribution in [3.8, 4) is 11.5 Å². The zero-order chi connectivity index (χ0) is 15.1. The lowest BCUT2D eigenvalue weighted by molar-refractivity contribution is 0.0614. The highest BCUT2D eigenvalue weighted by Crippen LogP contribution is 2.39. The average Bonchev–Trinajstić information content (AvgIpc) is 2.32. The van der Waals surface area contributed by atoms with Crippen molar-refractivity contribution in [1.29, 1.82) is 0 Å². The topological polar surface area (TPSA) is 38.8 Å². The minimum atomic E-state index is -0.491. The van der Waals surface area contributed by atoms with E-state index in [4.69, 9.17) is 21.7 Å². The largest absolute Gasteiger partial charge is 0.486 e. The van der Waals surface area contributed by atoms with Gasteiger partial charge in [-0.05, 0) is 45.1 Å². The van der Waals surface area contributed by atoms with E-state index in [1.54, 1.807) is 17.0 Å². The molecule has 0 unspecified atom stereocenters. The molecule has 0 fully saturated rings. The monoisotopic (exact) mass is 293 g/mol. The molecule has 0 aliphatic carbocycles. The maximum absolute atomic E-state index is 12.1. The Morgan fingerprint density at radius 1 is 1.40 bits per heavy atom. The standard InChI is InChI=1S/C15H19NO3S/c1-9-12(18-14(20)16(4)5)7-6-10-11(17)8-15(2,3)19-13(9)10/h6-7H,8H2,1-5H3. The van der Waals surface area contributed by atoms with Gasteiger partial charge in [-0.1, -0.05) is 0 Å². The molecule has 0 radical (unpaired) electrons. The number of carbonyl (C=O) groups is 1. The first-order chi connectivity index (χ1) is 9.21. The molecule has 5 heteroatoms. The first-order valence-electron chi connectivity index (χ1n) is 6.46. The molecule has 1 aromatic rings. The normalized spacial score (nSPS) is 16.1. The second-order valence-corrected chi connectivity index (χ2v) is 6.14. The molecule has 1 aliphatic heterocycles. The fourth-order valence-electron chi connectivity index (χ4n) is 2.11. The molecule has 0 bridgehead atoms. The second-order valence-electron chi connectivity index (χ2n) is 5.79. The number of carbonyl (C=O) groups excluding carboxylic acids is 1. The lowest BCUT2D eigenvalue weighted by Crippen LogP contribution is -2.36. The molecule has 2 rings (SSSR count). The van der Waals surface area contributed by atoms with Crippen LogP contribution in [0.4, 0.5) is 0 Å². The molecule has 0 aromatic heterocycles. The highest BCUT2D eigenvalue weighted by Gasteiger charge is 2.34. The van der Waals surface area contributed by atoms with Crippen molar-refractivity contribution in [2.75, 3.05) is 14.1 Å². The van der Waals surface area contributed by atoms with Crippen molar-refractivity contribution in [3.63, 3.8) is 0 Å². The van der Waals surface area contributed by atoms with E-state index in [1.807, 2.05) is 34.9 Å². The molecule has 0 atom stereocenters. The van der Waals surface area contributed by atoms with Crippen LogP contribution >= 0.6 is 12.2 Å². The number of nitrogens with zero attached hydrogens (tertiary/aromatic N) is 1. The summed E-state index contributed by atoms with van der Waals surface area (Å²) >= 11 is 5.14. The van der Waals surface area contributed by atoms with Crippen LogP contribution in [-0.2, 0) is 0 Å². The van der Waals surface area contributed by atoms with Crippen molar-refractivity contribution in [1.82, 2.24) is 4.90 Å². The molecule has 1 aliphatic rings. The predicted octanol–water partition coefficient (Wildman–Crippen LogP) is 2.96. The summed E-state index contributed by atoms with van der Waals surface area (Å²) in [4.78, 5) is 13.9. The van der Waals surface area contributed by atoms with Crippen LogP contribution in [0, 0.1) is 6.92 Å². The van der Waals surface area contributed by atoms with Crippen LogP contribution in [0.25, 0.3) is 0 Å². The summed E-state index contributed by atoms with van der Waals surface area (Å²) in [6.45, 7) is 5.69. The van der Waals surface area contributed by atoms with Gasteiger partial charge in [0.05, 0.1) is 12.0 Å². The second kappa shape index (κ2) is 5.05. The van der Waals surface area contributed by atoms with Crippen LogP contribution in [-0.4, -0.2) is 35.6 Å². The maximum atomic E-state index is 12.1. The van der Waals surface area contributed by atoms with Crippen LogP contribution in [0.2, 0.25) is 0 Å². The molecule has 0 spiro atoms. The number of fused-ring (bicyclic) bond motifs is 1. The van der Waals surface area contributed by atoms with Crippen LogP contribution in [0.15, 0.2) is 12.1 Å². The zero-order valence-corrected chi connectivity index (χ0v) is 13.3. The van der Waals surface area contributed by atoms with E-state index in [0.717, 1.165) is 5.56 Å². The van der Waals surface area contributed by atoms with E-state index in [9.17, 15) is 4.79 Å². The molecule has 1 aromatic carbocycles. The Hall–Kier alpha value is -1.62. The fraction of sp³-hybridized carbons (Fsp3) is 0.467. The number of hydrogen-bond acceptors (Lipinski definition) is 4. The van der Waals surface area contributed by atoms with Crippen molar-refractivity contribution < 1.29 is 14.3 Å². The molecule has 1 heterocycles. The Kier molecular flexibility index (Phi) is 3.73. The number of ketones is 1. The molecular formula is C15H19NO3S. The molecular weight excluding hydrogens is 274 g/mol. The van der Waals surface area contributed by atoms with Gasteiger partial charge in [0.15, 0.2) is 5.78 Å². The summed E-state index contributed by atoms with van der Waals surface area (Å²) in [7, 11) is 3.64. The van der Waals surface area contributed by atoms with Crippen molar-refractivity contribution >= 4 is 23.2 Å². The summed E-state index contributed by atoms with van der Waals surface area (Å²) < 4.78 is 11.6. The number of ether oxygens (including phenoxy) is 2. The van der Waals surface area contributed by atoms with Crippen LogP contribution in [0.3, 0.4) is 0 Å². The van der Waals surface area contributed by atoms with E-state index < -0.39 is 5.60 Å². The minimum absolute atomic E-state index is 0.0982. The number of benzene rings is 1. The zero-order valence-electron chi connectivity index (χ0n) is 12.4. The Morgan fingerprint density at radius 2 is 2.05 bits per heavy atom. The van der Waals surface area contributed by atoms with Crippen molar-refractivity contribution in [3.05, 3.63) is 23.3 Å². The summed E-state index contributed by atoms with van der Waals surface area (Å²) in [5, 5.41) is 0.370. The lowest BCUT2D eigenvalue weighted by atomic mass is 9.91. The van der Waals surface area contributed by atoms with Crippen LogP contribution < -0.4 is 9.47 Å². The van der Waals surface area contributed by atoms with E-state index in [1.165, 1.54) is 0 Å². The summed E-state index contributed by atoms with van der Waals surface area (Å²) in [5.41, 5.74) is 0.924. The number of thiocarbonyl (C=S) groups is 1. The Labute approximate surface area is 124 Å². The van der Waals surface area contributed by atoms with E-state index in [0.29, 0.717) is 28.7 Å². The highest BCUT2D eigenvalue weighted by molar-refractivity contribution is 7.80. The molecule has 0 N–H and O–H groups in total. The van der Waals surface area contributed by atoms with E-state index in [2.05, 4.69) is 0 Å². The molecule has 0 saturated carbocycles. The Balaban J connectivity index is 2.41. The van der Waals surface area contributed by atoms with Crippen molar-refractivity contribution in [2.24, 2.45) is 0 Å².